The molecular weight excluding hydrogens is 254 g/mol. The second kappa shape index (κ2) is 7.61. The summed E-state index contributed by atoms with van der Waals surface area (Å²) in [4.78, 5) is 14.3. The molecule has 1 atom stereocenters. The molecule has 0 spiro atoms. The third kappa shape index (κ3) is 4.77. The fourth-order valence-electron chi connectivity index (χ4n) is 2.61. The van der Waals surface area contributed by atoms with Gasteiger partial charge in [-0.1, -0.05) is 20.8 Å². The van der Waals surface area contributed by atoms with E-state index in [2.05, 4.69) is 23.2 Å². The van der Waals surface area contributed by atoms with Crippen LogP contribution in [0.5, 0.6) is 0 Å². The van der Waals surface area contributed by atoms with Crippen LogP contribution < -0.4 is 5.32 Å². The number of nitriles is 1. The SMILES string of the molecule is CCCN1CCC(C#N)(NC(=O)C(O)CC(C)C)CC1. The third-order valence-corrected chi connectivity index (χ3v) is 3.82. The number of hydrogen-bond acceptors (Lipinski definition) is 4. The molecule has 20 heavy (non-hydrogen) atoms. The summed E-state index contributed by atoms with van der Waals surface area (Å²) >= 11 is 0. The van der Waals surface area contributed by atoms with Crippen LogP contribution >= 0.6 is 0 Å². The van der Waals surface area contributed by atoms with Crippen molar-refractivity contribution in [1.29, 1.82) is 5.26 Å². The molecule has 5 heteroatoms. The van der Waals surface area contributed by atoms with Crippen LogP contribution in [0.3, 0.4) is 0 Å². The Labute approximate surface area is 122 Å². The van der Waals surface area contributed by atoms with Crippen LogP contribution in [0.1, 0.15) is 46.5 Å². The molecule has 0 aliphatic carbocycles. The zero-order chi connectivity index (χ0) is 15.2. The minimum atomic E-state index is -1.02. The standard InChI is InChI=1S/C15H27N3O2/c1-4-7-18-8-5-15(11-16,6-9-18)17-14(20)13(19)10-12(2)3/h12-13,19H,4-10H2,1-3H3,(H,17,20). The van der Waals surface area contributed by atoms with Crippen molar-refractivity contribution in [3.8, 4) is 6.07 Å². The summed E-state index contributed by atoms with van der Waals surface area (Å²) in [6, 6.07) is 2.25. The highest BCUT2D eigenvalue weighted by Crippen LogP contribution is 2.22. The first kappa shape index (κ1) is 16.9. The Balaban J connectivity index is 2.55. The second-order valence-corrected chi connectivity index (χ2v) is 6.17. The van der Waals surface area contributed by atoms with Gasteiger partial charge in [0.2, 0.25) is 5.91 Å². The Morgan fingerprint density at radius 3 is 2.50 bits per heavy atom. The second-order valence-electron chi connectivity index (χ2n) is 6.17. The summed E-state index contributed by atoms with van der Waals surface area (Å²) in [6.45, 7) is 8.73. The summed E-state index contributed by atoms with van der Waals surface area (Å²) in [5.41, 5.74) is -0.806. The Morgan fingerprint density at radius 1 is 1.45 bits per heavy atom. The molecule has 1 fully saturated rings. The van der Waals surface area contributed by atoms with E-state index in [4.69, 9.17) is 0 Å². The van der Waals surface area contributed by atoms with E-state index in [1.165, 1.54) is 0 Å². The maximum absolute atomic E-state index is 12.0. The predicted molar refractivity (Wildman–Crippen MR) is 77.9 cm³/mol. The van der Waals surface area contributed by atoms with Crippen molar-refractivity contribution in [3.63, 3.8) is 0 Å². The normalized spacial score (nSPS) is 20.4. The molecule has 0 aromatic rings. The number of aliphatic hydroxyl groups excluding tert-OH is 1. The van der Waals surface area contributed by atoms with Gasteiger partial charge in [0.1, 0.15) is 11.6 Å². The summed E-state index contributed by atoms with van der Waals surface area (Å²) in [7, 11) is 0. The number of piperidine rings is 1. The molecule has 0 radical (unpaired) electrons. The minimum Gasteiger partial charge on any atom is -0.383 e. The number of carbonyl (C=O) groups is 1. The highest BCUT2D eigenvalue weighted by molar-refractivity contribution is 5.81. The van der Waals surface area contributed by atoms with Crippen LogP contribution in [0.25, 0.3) is 0 Å². The zero-order valence-corrected chi connectivity index (χ0v) is 12.9. The van der Waals surface area contributed by atoms with Gasteiger partial charge < -0.3 is 15.3 Å². The van der Waals surface area contributed by atoms with Crippen molar-refractivity contribution in [2.45, 2.75) is 58.1 Å². The fraction of sp³-hybridized carbons (Fsp3) is 0.867. The number of amides is 1. The summed E-state index contributed by atoms with van der Waals surface area (Å²) < 4.78 is 0. The molecule has 1 saturated heterocycles. The van der Waals surface area contributed by atoms with E-state index in [0.717, 1.165) is 26.1 Å². The third-order valence-electron chi connectivity index (χ3n) is 3.82. The van der Waals surface area contributed by atoms with Gasteiger partial charge in [-0.2, -0.15) is 5.26 Å². The fourth-order valence-corrected chi connectivity index (χ4v) is 2.61. The largest absolute Gasteiger partial charge is 0.383 e. The molecule has 1 aliphatic rings. The van der Waals surface area contributed by atoms with E-state index in [-0.39, 0.29) is 5.92 Å². The molecule has 1 heterocycles. The van der Waals surface area contributed by atoms with Crippen molar-refractivity contribution in [3.05, 3.63) is 0 Å². The average molecular weight is 281 g/mol. The van der Waals surface area contributed by atoms with Gasteiger partial charge in [0, 0.05) is 13.1 Å². The van der Waals surface area contributed by atoms with E-state index < -0.39 is 17.6 Å². The molecule has 0 bridgehead atoms. The van der Waals surface area contributed by atoms with Crippen LogP contribution in [-0.2, 0) is 4.79 Å². The van der Waals surface area contributed by atoms with E-state index in [1.54, 1.807) is 0 Å². The van der Waals surface area contributed by atoms with Crippen molar-refractivity contribution < 1.29 is 9.90 Å². The van der Waals surface area contributed by atoms with E-state index in [0.29, 0.717) is 19.3 Å². The lowest BCUT2D eigenvalue weighted by Crippen LogP contribution is -2.56. The number of nitrogens with zero attached hydrogens (tertiary/aromatic N) is 2. The first-order chi connectivity index (χ1) is 9.42. The lowest BCUT2D eigenvalue weighted by molar-refractivity contribution is -0.132. The molecule has 0 aromatic heterocycles. The van der Waals surface area contributed by atoms with Crippen LogP contribution in [0.15, 0.2) is 0 Å². The van der Waals surface area contributed by atoms with Crippen LogP contribution in [0, 0.1) is 17.2 Å². The average Bonchev–Trinajstić information content (AvgIpc) is 2.40. The summed E-state index contributed by atoms with van der Waals surface area (Å²) in [5, 5.41) is 22.0. The molecule has 1 aliphatic heterocycles. The topological polar surface area (TPSA) is 76.4 Å². The number of hydrogen-bond donors (Lipinski definition) is 2. The van der Waals surface area contributed by atoms with Crippen molar-refractivity contribution >= 4 is 5.91 Å². The number of rotatable bonds is 6. The molecule has 1 amide bonds. The molecule has 2 N–H and O–H groups in total. The van der Waals surface area contributed by atoms with Crippen molar-refractivity contribution in [2.75, 3.05) is 19.6 Å². The monoisotopic (exact) mass is 281 g/mol. The van der Waals surface area contributed by atoms with Gasteiger partial charge in [-0.05, 0) is 38.1 Å². The van der Waals surface area contributed by atoms with Gasteiger partial charge in [0.15, 0.2) is 0 Å². The number of nitrogens with one attached hydrogen (secondary N) is 1. The molecule has 5 nitrogen and oxygen atoms in total. The first-order valence-corrected chi connectivity index (χ1v) is 7.56. The van der Waals surface area contributed by atoms with Crippen molar-refractivity contribution in [2.24, 2.45) is 5.92 Å². The highest BCUT2D eigenvalue weighted by Gasteiger charge is 2.37. The lowest BCUT2D eigenvalue weighted by Gasteiger charge is -2.38. The van der Waals surface area contributed by atoms with E-state index in [9.17, 15) is 15.2 Å². The van der Waals surface area contributed by atoms with E-state index >= 15 is 0 Å². The Bertz CT molecular complexity index is 355. The Kier molecular flexibility index (Phi) is 6.44. The van der Waals surface area contributed by atoms with Gasteiger partial charge >= 0.3 is 0 Å². The highest BCUT2D eigenvalue weighted by atomic mass is 16.3. The molecule has 1 unspecified atom stereocenters. The maximum Gasteiger partial charge on any atom is 0.250 e. The number of likely N-dealkylation sites (tertiary alicyclic amines) is 1. The van der Waals surface area contributed by atoms with Crippen LogP contribution in [-0.4, -0.2) is 47.2 Å². The lowest BCUT2D eigenvalue weighted by atomic mass is 9.88. The quantitative estimate of drug-likeness (QED) is 0.769. The van der Waals surface area contributed by atoms with Crippen LogP contribution in [0.4, 0.5) is 0 Å². The first-order valence-electron chi connectivity index (χ1n) is 7.56. The summed E-state index contributed by atoms with van der Waals surface area (Å²) in [6.07, 6.45) is 1.76. The van der Waals surface area contributed by atoms with E-state index in [1.807, 2.05) is 13.8 Å². The zero-order valence-electron chi connectivity index (χ0n) is 12.9. The Hall–Kier alpha value is -1.12. The van der Waals surface area contributed by atoms with Gasteiger partial charge in [0.05, 0.1) is 6.07 Å². The van der Waals surface area contributed by atoms with Gasteiger partial charge in [-0.3, -0.25) is 4.79 Å². The van der Waals surface area contributed by atoms with Gasteiger partial charge in [0.25, 0.3) is 0 Å². The maximum atomic E-state index is 12.0. The molecular formula is C15H27N3O2. The van der Waals surface area contributed by atoms with Crippen LogP contribution in [0.2, 0.25) is 0 Å². The molecule has 0 aromatic carbocycles. The molecule has 0 saturated carbocycles. The minimum absolute atomic E-state index is 0.250. The van der Waals surface area contributed by atoms with Crippen molar-refractivity contribution in [1.82, 2.24) is 10.2 Å². The number of carbonyl (C=O) groups excluding carboxylic acids is 1. The van der Waals surface area contributed by atoms with Gasteiger partial charge in [-0.25, -0.2) is 0 Å². The Morgan fingerprint density at radius 2 is 2.05 bits per heavy atom. The number of aliphatic hydroxyl groups is 1. The van der Waals surface area contributed by atoms with Gasteiger partial charge in [-0.15, -0.1) is 0 Å². The smallest absolute Gasteiger partial charge is 0.250 e. The molecule has 1 rings (SSSR count). The summed E-state index contributed by atoms with van der Waals surface area (Å²) in [5.74, 6) is -0.163. The molecule has 114 valence electrons. The predicted octanol–water partition coefficient (Wildman–Crippen LogP) is 1.28.